The van der Waals surface area contributed by atoms with Crippen LogP contribution in [0.1, 0.15) is 27.4 Å². The van der Waals surface area contributed by atoms with Crippen molar-refractivity contribution in [3.63, 3.8) is 0 Å². The largest absolute Gasteiger partial charge is 0.357 e. The number of rotatable bonds is 4. The molecule has 132 valence electrons. The third-order valence-corrected chi connectivity index (χ3v) is 3.89. The van der Waals surface area contributed by atoms with Gasteiger partial charge in [0.05, 0.1) is 11.4 Å². The first-order valence-electron chi connectivity index (χ1n) is 8.09. The van der Waals surface area contributed by atoms with Crippen molar-refractivity contribution in [3.8, 4) is 5.69 Å². The maximum atomic E-state index is 11.9. The van der Waals surface area contributed by atoms with E-state index in [1.54, 1.807) is 24.4 Å². The van der Waals surface area contributed by atoms with Gasteiger partial charge in [0.25, 0.3) is 11.8 Å². The number of carbonyl (C=O) groups excluding carboxylic acids is 2. The number of aryl methyl sites for hydroxylation is 1. The van der Waals surface area contributed by atoms with Crippen molar-refractivity contribution in [2.45, 2.75) is 13.8 Å². The van der Waals surface area contributed by atoms with Crippen LogP contribution in [0, 0.1) is 13.8 Å². The summed E-state index contributed by atoms with van der Waals surface area (Å²) in [6.07, 6.45) is 4.68. The Labute approximate surface area is 150 Å². The Morgan fingerprint density at radius 3 is 2.54 bits per heavy atom. The van der Waals surface area contributed by atoms with Crippen molar-refractivity contribution in [1.82, 2.24) is 25.6 Å². The van der Waals surface area contributed by atoms with E-state index < -0.39 is 11.8 Å². The summed E-state index contributed by atoms with van der Waals surface area (Å²) in [7, 11) is 0. The highest BCUT2D eigenvalue weighted by molar-refractivity contribution is 5.97. The summed E-state index contributed by atoms with van der Waals surface area (Å²) < 4.78 is 1.83. The van der Waals surface area contributed by atoms with Crippen LogP contribution in [0.15, 0.2) is 54.7 Å². The van der Waals surface area contributed by atoms with Gasteiger partial charge >= 0.3 is 0 Å². The fourth-order valence-electron chi connectivity index (χ4n) is 2.57. The molecule has 2 aromatic heterocycles. The minimum absolute atomic E-state index is 0.366. The predicted octanol–water partition coefficient (Wildman–Crippen LogP) is 2.29. The van der Waals surface area contributed by atoms with Crippen molar-refractivity contribution in [2.24, 2.45) is 0 Å². The van der Waals surface area contributed by atoms with Crippen LogP contribution >= 0.6 is 0 Å². The van der Waals surface area contributed by atoms with Crippen molar-refractivity contribution in [2.75, 3.05) is 0 Å². The lowest BCUT2D eigenvalue weighted by atomic mass is 10.2. The molecule has 7 heteroatoms. The van der Waals surface area contributed by atoms with Crippen LogP contribution in [-0.4, -0.2) is 26.6 Å². The molecule has 3 N–H and O–H groups in total. The van der Waals surface area contributed by atoms with Crippen LogP contribution < -0.4 is 10.9 Å². The zero-order valence-electron chi connectivity index (χ0n) is 14.5. The van der Waals surface area contributed by atoms with Crippen molar-refractivity contribution >= 4 is 17.9 Å². The summed E-state index contributed by atoms with van der Waals surface area (Å²) in [6.45, 7) is 3.83. The van der Waals surface area contributed by atoms with Crippen LogP contribution in [0.2, 0.25) is 0 Å². The summed E-state index contributed by atoms with van der Waals surface area (Å²) >= 11 is 0. The lowest BCUT2D eigenvalue weighted by molar-refractivity contribution is -0.117. The van der Waals surface area contributed by atoms with Crippen LogP contribution in [0.25, 0.3) is 11.8 Å². The van der Waals surface area contributed by atoms with Gasteiger partial charge in [-0.2, -0.15) is 5.10 Å². The summed E-state index contributed by atoms with van der Waals surface area (Å²) in [5.41, 5.74) is 8.60. The quantitative estimate of drug-likeness (QED) is 0.498. The normalized spacial score (nSPS) is 10.8. The van der Waals surface area contributed by atoms with E-state index in [0.717, 1.165) is 22.6 Å². The monoisotopic (exact) mass is 349 g/mol. The number of hydrogen-bond donors (Lipinski definition) is 3. The molecule has 0 aliphatic carbocycles. The van der Waals surface area contributed by atoms with Gasteiger partial charge < -0.3 is 4.98 Å². The van der Waals surface area contributed by atoms with Gasteiger partial charge in [-0.1, -0.05) is 18.2 Å². The highest BCUT2D eigenvalue weighted by Crippen LogP contribution is 2.18. The van der Waals surface area contributed by atoms with E-state index in [1.807, 2.05) is 48.9 Å². The molecule has 0 aliphatic rings. The highest BCUT2D eigenvalue weighted by Gasteiger charge is 2.11. The van der Waals surface area contributed by atoms with Crippen LogP contribution in [0.4, 0.5) is 0 Å². The van der Waals surface area contributed by atoms with E-state index in [2.05, 4.69) is 20.9 Å². The standard InChI is InChI=1S/C19H19N5O2/c1-13-16(14(2)24(23-13)15-7-4-3-5-8-15)10-11-18(25)21-22-19(26)17-9-6-12-20-17/h3-12,20H,1-2H3,(H,21,25)(H,22,26). The van der Waals surface area contributed by atoms with Gasteiger partial charge in [-0.15, -0.1) is 0 Å². The summed E-state index contributed by atoms with van der Waals surface area (Å²) in [4.78, 5) is 26.5. The zero-order valence-corrected chi connectivity index (χ0v) is 14.5. The molecule has 0 saturated heterocycles. The lowest BCUT2D eigenvalue weighted by Gasteiger charge is -2.04. The fraction of sp³-hybridized carbons (Fsp3) is 0.105. The smallest absolute Gasteiger partial charge is 0.286 e. The third-order valence-electron chi connectivity index (χ3n) is 3.89. The number of nitrogens with zero attached hydrogens (tertiary/aromatic N) is 2. The SMILES string of the molecule is Cc1nn(-c2ccccc2)c(C)c1C=CC(=O)NNC(=O)c1ccc[nH]1. The first-order valence-corrected chi connectivity index (χ1v) is 8.09. The molecule has 7 nitrogen and oxygen atoms in total. The number of aromatic nitrogens is 3. The number of amides is 2. The number of benzene rings is 1. The number of H-pyrrole nitrogens is 1. The molecule has 3 rings (SSSR count). The average Bonchev–Trinajstić information content (AvgIpc) is 3.28. The Morgan fingerprint density at radius 1 is 1.08 bits per heavy atom. The summed E-state index contributed by atoms with van der Waals surface area (Å²) in [5.74, 6) is -0.850. The molecule has 0 fully saturated rings. The Kier molecular flexibility index (Phi) is 4.98. The Balaban J connectivity index is 1.67. The second-order valence-electron chi connectivity index (χ2n) is 5.69. The molecule has 2 amide bonds. The number of para-hydroxylation sites is 1. The predicted molar refractivity (Wildman–Crippen MR) is 98.5 cm³/mol. The molecule has 0 unspecified atom stereocenters. The molecule has 0 atom stereocenters. The molecule has 0 radical (unpaired) electrons. The van der Waals surface area contributed by atoms with E-state index in [9.17, 15) is 9.59 Å². The second kappa shape index (κ2) is 7.52. The fourth-order valence-corrected chi connectivity index (χ4v) is 2.57. The van der Waals surface area contributed by atoms with Crippen LogP contribution in [-0.2, 0) is 4.79 Å². The van der Waals surface area contributed by atoms with Crippen LogP contribution in [0.3, 0.4) is 0 Å². The van der Waals surface area contributed by atoms with Crippen molar-refractivity contribution in [1.29, 1.82) is 0 Å². The van der Waals surface area contributed by atoms with Gasteiger partial charge in [0.1, 0.15) is 5.69 Å². The van der Waals surface area contributed by atoms with Gasteiger partial charge in [-0.3, -0.25) is 20.4 Å². The van der Waals surface area contributed by atoms with Crippen molar-refractivity contribution < 1.29 is 9.59 Å². The van der Waals surface area contributed by atoms with Gasteiger partial charge in [0, 0.05) is 23.5 Å². The van der Waals surface area contributed by atoms with Crippen LogP contribution in [0.5, 0.6) is 0 Å². The molecule has 0 spiro atoms. The number of aromatic amines is 1. The van der Waals surface area contributed by atoms with Gasteiger partial charge in [0.2, 0.25) is 0 Å². The highest BCUT2D eigenvalue weighted by atomic mass is 16.2. The topological polar surface area (TPSA) is 91.8 Å². The molecular formula is C19H19N5O2. The first-order chi connectivity index (χ1) is 12.6. The second-order valence-corrected chi connectivity index (χ2v) is 5.69. The van der Waals surface area contributed by atoms with E-state index >= 15 is 0 Å². The molecule has 0 aliphatic heterocycles. The lowest BCUT2D eigenvalue weighted by Crippen LogP contribution is -2.40. The minimum Gasteiger partial charge on any atom is -0.357 e. The van der Waals surface area contributed by atoms with Crippen molar-refractivity contribution in [3.05, 3.63) is 77.4 Å². The Bertz CT molecular complexity index is 940. The molecule has 1 aromatic carbocycles. The number of hydrogen-bond acceptors (Lipinski definition) is 3. The average molecular weight is 349 g/mol. The maximum absolute atomic E-state index is 11.9. The van der Waals surface area contributed by atoms with E-state index in [-0.39, 0.29) is 0 Å². The van der Waals surface area contributed by atoms with Gasteiger partial charge in [0.15, 0.2) is 0 Å². The first kappa shape index (κ1) is 17.2. The van der Waals surface area contributed by atoms with E-state index in [0.29, 0.717) is 5.69 Å². The third kappa shape index (κ3) is 3.72. The number of nitrogens with one attached hydrogen (secondary N) is 3. The Morgan fingerprint density at radius 2 is 1.85 bits per heavy atom. The summed E-state index contributed by atoms with van der Waals surface area (Å²) in [6, 6.07) is 13.1. The molecule has 26 heavy (non-hydrogen) atoms. The zero-order chi connectivity index (χ0) is 18.5. The van der Waals surface area contributed by atoms with E-state index in [1.165, 1.54) is 6.08 Å². The molecular weight excluding hydrogens is 330 g/mol. The van der Waals surface area contributed by atoms with E-state index in [4.69, 9.17) is 0 Å². The Hall–Kier alpha value is -3.61. The maximum Gasteiger partial charge on any atom is 0.286 e. The van der Waals surface area contributed by atoms with Gasteiger partial charge in [-0.25, -0.2) is 4.68 Å². The molecule has 3 aromatic rings. The summed E-state index contributed by atoms with van der Waals surface area (Å²) in [5, 5.41) is 4.53. The number of carbonyl (C=O) groups is 2. The minimum atomic E-state index is -0.434. The molecule has 0 bridgehead atoms. The molecule has 0 saturated carbocycles. The number of hydrazine groups is 1. The molecule has 2 heterocycles. The van der Waals surface area contributed by atoms with Gasteiger partial charge in [-0.05, 0) is 44.2 Å².